The van der Waals surface area contributed by atoms with Gasteiger partial charge in [0.1, 0.15) is 5.75 Å². The number of non-ortho nitro benzene ring substituents is 1. The van der Waals surface area contributed by atoms with Crippen LogP contribution in [0.25, 0.3) is 0 Å². The molecule has 0 aliphatic heterocycles. The molecule has 0 aliphatic rings. The molecule has 158 valence electrons. The van der Waals surface area contributed by atoms with Crippen LogP contribution < -0.4 is 4.74 Å². The molecule has 1 aromatic rings. The molecule has 0 N–H and O–H groups in total. The van der Waals surface area contributed by atoms with Crippen LogP contribution in [0.1, 0.15) is 90.4 Å². The van der Waals surface area contributed by atoms with Crippen molar-refractivity contribution in [2.75, 3.05) is 0 Å². The predicted octanol–water partition coefficient (Wildman–Crippen LogP) is 7.20. The van der Waals surface area contributed by atoms with Gasteiger partial charge in [-0.15, -0.1) is 0 Å². The molecular weight excluding hydrogens is 378 g/mol. The highest BCUT2D eigenvalue weighted by Gasteiger charge is 2.18. The minimum absolute atomic E-state index is 0.0120. The van der Waals surface area contributed by atoms with Gasteiger partial charge in [0.2, 0.25) is 0 Å². The smallest absolute Gasteiger partial charge is 0.269 e. The second-order valence-corrected chi connectivity index (χ2v) is 7.71. The largest absolute Gasteiger partial charge is 0.481 e. The number of rotatable bonds is 17. The number of unbranched alkanes of at least 4 members (excludes halogenated alkanes) is 11. The molecule has 1 atom stereocenters. The van der Waals surface area contributed by atoms with Crippen molar-refractivity contribution < 1.29 is 14.5 Å². The number of carbonyl (C=O) groups excluding carboxylic acids is 1. The van der Waals surface area contributed by atoms with Crippen LogP contribution in [0, 0.1) is 10.1 Å². The Morgan fingerprint density at radius 2 is 1.39 bits per heavy atom. The lowest BCUT2D eigenvalue weighted by Crippen LogP contribution is -2.23. The van der Waals surface area contributed by atoms with E-state index in [-0.39, 0.29) is 5.69 Å². The summed E-state index contributed by atoms with van der Waals surface area (Å²) in [6.45, 7) is 2.24. The molecule has 0 fully saturated rings. The molecule has 1 aromatic carbocycles. The van der Waals surface area contributed by atoms with Crippen molar-refractivity contribution in [2.45, 2.75) is 96.5 Å². The topological polar surface area (TPSA) is 69.4 Å². The fraction of sp³-hybridized carbons (Fsp3) is 0.682. The Kier molecular flexibility index (Phi) is 13.4. The number of nitrogens with zero attached hydrogens (tertiary/aromatic N) is 1. The summed E-state index contributed by atoms with van der Waals surface area (Å²) in [4.78, 5) is 21.8. The third kappa shape index (κ3) is 11.3. The Balaban J connectivity index is 2.12. The zero-order valence-corrected chi connectivity index (χ0v) is 17.8. The summed E-state index contributed by atoms with van der Waals surface area (Å²) in [5.41, 5.74) is -0.0120. The van der Waals surface area contributed by atoms with E-state index < -0.39 is 16.3 Å². The first kappa shape index (κ1) is 24.4. The minimum Gasteiger partial charge on any atom is -0.481 e. The molecule has 0 saturated carbocycles. The first-order chi connectivity index (χ1) is 13.5. The van der Waals surface area contributed by atoms with Gasteiger partial charge in [0, 0.05) is 12.1 Å². The monoisotopic (exact) mass is 411 g/mol. The number of nitro benzene ring substituents is 1. The molecule has 0 aromatic heterocycles. The standard InChI is InChI=1S/C22H34ClNO4/c1-2-3-4-5-6-7-8-9-10-11-12-13-14-21(22(23)25)28-20-17-15-19(16-18-20)24(26)27/h15-18,21H,2-14H2,1H3. The van der Waals surface area contributed by atoms with E-state index in [4.69, 9.17) is 16.3 Å². The maximum absolute atomic E-state index is 11.6. The normalized spacial score (nSPS) is 11.9. The molecule has 0 heterocycles. The van der Waals surface area contributed by atoms with Gasteiger partial charge in [-0.05, 0) is 36.6 Å². The maximum atomic E-state index is 11.6. The summed E-state index contributed by atoms with van der Waals surface area (Å²) >= 11 is 5.65. The zero-order valence-electron chi connectivity index (χ0n) is 17.0. The maximum Gasteiger partial charge on any atom is 0.269 e. The summed E-state index contributed by atoms with van der Waals surface area (Å²) in [7, 11) is 0. The minimum atomic E-state index is -0.703. The number of ether oxygens (including phenoxy) is 1. The van der Waals surface area contributed by atoms with Gasteiger partial charge >= 0.3 is 0 Å². The molecule has 0 spiro atoms. The van der Waals surface area contributed by atoms with Crippen LogP contribution >= 0.6 is 11.6 Å². The molecular formula is C22H34ClNO4. The van der Waals surface area contributed by atoms with E-state index in [0.717, 1.165) is 19.3 Å². The second-order valence-electron chi connectivity index (χ2n) is 7.34. The number of carbonyl (C=O) groups is 1. The van der Waals surface area contributed by atoms with E-state index >= 15 is 0 Å². The van der Waals surface area contributed by atoms with Gasteiger partial charge in [0.05, 0.1) is 4.92 Å². The lowest BCUT2D eigenvalue weighted by Gasteiger charge is -2.15. The van der Waals surface area contributed by atoms with Gasteiger partial charge in [0.15, 0.2) is 6.10 Å². The van der Waals surface area contributed by atoms with Crippen LogP contribution in [-0.2, 0) is 4.79 Å². The van der Waals surface area contributed by atoms with Gasteiger partial charge in [-0.3, -0.25) is 14.9 Å². The fourth-order valence-corrected chi connectivity index (χ4v) is 3.35. The van der Waals surface area contributed by atoms with Crippen molar-refractivity contribution in [2.24, 2.45) is 0 Å². The van der Waals surface area contributed by atoms with Crippen LogP contribution in [0.3, 0.4) is 0 Å². The second kappa shape index (κ2) is 15.3. The quantitative estimate of drug-likeness (QED) is 0.117. The molecule has 1 unspecified atom stereocenters. The van der Waals surface area contributed by atoms with E-state index in [2.05, 4.69) is 6.92 Å². The van der Waals surface area contributed by atoms with Crippen molar-refractivity contribution in [1.82, 2.24) is 0 Å². The predicted molar refractivity (Wildman–Crippen MR) is 114 cm³/mol. The molecule has 0 bridgehead atoms. The molecule has 1 rings (SSSR count). The Labute approximate surface area is 174 Å². The lowest BCUT2D eigenvalue weighted by molar-refractivity contribution is -0.384. The van der Waals surface area contributed by atoms with Gasteiger partial charge in [-0.25, -0.2) is 0 Å². The first-order valence-corrected chi connectivity index (χ1v) is 11.0. The number of nitro groups is 1. The summed E-state index contributed by atoms with van der Waals surface area (Å²) < 4.78 is 5.61. The highest BCUT2D eigenvalue weighted by Crippen LogP contribution is 2.21. The molecule has 0 saturated heterocycles. The summed E-state index contributed by atoms with van der Waals surface area (Å²) in [6.07, 6.45) is 14.9. The van der Waals surface area contributed by atoms with Crippen LogP contribution in [-0.4, -0.2) is 16.3 Å². The summed E-state index contributed by atoms with van der Waals surface area (Å²) in [5.74, 6) is 0.420. The van der Waals surface area contributed by atoms with Crippen LogP contribution in [0.15, 0.2) is 24.3 Å². The van der Waals surface area contributed by atoms with Gasteiger partial charge in [0.25, 0.3) is 10.9 Å². The lowest BCUT2D eigenvalue weighted by atomic mass is 10.0. The first-order valence-electron chi connectivity index (χ1n) is 10.6. The third-order valence-electron chi connectivity index (χ3n) is 4.90. The van der Waals surface area contributed by atoms with Crippen LogP contribution in [0.5, 0.6) is 5.75 Å². The number of halogens is 1. The number of hydrogen-bond acceptors (Lipinski definition) is 4. The Hall–Kier alpha value is -1.62. The molecule has 6 heteroatoms. The Morgan fingerprint density at radius 3 is 1.82 bits per heavy atom. The van der Waals surface area contributed by atoms with Crippen molar-refractivity contribution in [3.05, 3.63) is 34.4 Å². The zero-order chi connectivity index (χ0) is 20.6. The average molecular weight is 412 g/mol. The molecule has 28 heavy (non-hydrogen) atoms. The van der Waals surface area contributed by atoms with E-state index in [9.17, 15) is 14.9 Å². The Morgan fingerprint density at radius 1 is 0.929 bits per heavy atom. The van der Waals surface area contributed by atoms with Crippen molar-refractivity contribution in [3.63, 3.8) is 0 Å². The van der Waals surface area contributed by atoms with E-state index in [1.54, 1.807) is 0 Å². The fourth-order valence-electron chi connectivity index (χ4n) is 3.20. The summed E-state index contributed by atoms with van der Waals surface area (Å²) in [6, 6.07) is 5.70. The van der Waals surface area contributed by atoms with E-state index in [1.807, 2.05) is 0 Å². The molecule has 0 aliphatic carbocycles. The van der Waals surface area contributed by atoms with E-state index in [0.29, 0.717) is 12.2 Å². The van der Waals surface area contributed by atoms with Gasteiger partial charge < -0.3 is 4.74 Å². The average Bonchev–Trinajstić information content (AvgIpc) is 2.68. The molecule has 0 amide bonds. The van der Waals surface area contributed by atoms with E-state index in [1.165, 1.54) is 82.1 Å². The van der Waals surface area contributed by atoms with Gasteiger partial charge in [-0.2, -0.15) is 0 Å². The highest BCUT2D eigenvalue weighted by molar-refractivity contribution is 6.64. The number of hydrogen-bond donors (Lipinski definition) is 0. The number of benzene rings is 1. The molecule has 0 radical (unpaired) electrons. The summed E-state index contributed by atoms with van der Waals surface area (Å²) in [5, 5.41) is 10.1. The SMILES string of the molecule is CCCCCCCCCCCCCCC(Oc1ccc([N+](=O)[O-])cc1)C(=O)Cl. The van der Waals surface area contributed by atoms with Crippen molar-refractivity contribution >= 4 is 22.5 Å². The van der Waals surface area contributed by atoms with Crippen LogP contribution in [0.2, 0.25) is 0 Å². The van der Waals surface area contributed by atoms with Crippen LogP contribution in [0.4, 0.5) is 5.69 Å². The Bertz CT molecular complexity index is 562. The van der Waals surface area contributed by atoms with Gasteiger partial charge in [-0.1, -0.05) is 77.6 Å². The molecule has 5 nitrogen and oxygen atoms in total. The third-order valence-corrected chi connectivity index (χ3v) is 5.14. The highest BCUT2D eigenvalue weighted by atomic mass is 35.5. The van der Waals surface area contributed by atoms with Crippen molar-refractivity contribution in [1.29, 1.82) is 0 Å². The van der Waals surface area contributed by atoms with Crippen molar-refractivity contribution in [3.8, 4) is 5.75 Å².